The highest BCUT2D eigenvalue weighted by Crippen LogP contribution is 2.09. The molecule has 0 aliphatic rings. The first-order valence-corrected chi connectivity index (χ1v) is 6.84. The van der Waals surface area contributed by atoms with Crippen LogP contribution in [0.5, 0.6) is 0 Å². The fourth-order valence-electron chi connectivity index (χ4n) is 1.66. The SMILES string of the molecule is CC(CCCO)NC(=O)CNC(=O)c1ccc(Cl)cc1. The molecule has 0 bridgehead atoms. The molecule has 0 aromatic heterocycles. The molecule has 110 valence electrons. The first kappa shape index (κ1) is 16.5. The van der Waals surface area contributed by atoms with Crippen LogP contribution in [0.25, 0.3) is 0 Å². The molecule has 0 aliphatic carbocycles. The monoisotopic (exact) mass is 298 g/mol. The van der Waals surface area contributed by atoms with Crippen LogP contribution < -0.4 is 10.6 Å². The van der Waals surface area contributed by atoms with E-state index in [2.05, 4.69) is 10.6 Å². The zero-order valence-corrected chi connectivity index (χ0v) is 12.1. The minimum absolute atomic E-state index is 0.0258. The lowest BCUT2D eigenvalue weighted by Gasteiger charge is -2.13. The van der Waals surface area contributed by atoms with E-state index < -0.39 is 0 Å². The van der Waals surface area contributed by atoms with Gasteiger partial charge in [0, 0.05) is 23.2 Å². The van der Waals surface area contributed by atoms with Gasteiger partial charge in [0.05, 0.1) is 6.54 Å². The van der Waals surface area contributed by atoms with Gasteiger partial charge in [-0.05, 0) is 44.0 Å². The molecule has 20 heavy (non-hydrogen) atoms. The number of hydrogen-bond donors (Lipinski definition) is 3. The molecular formula is C14H19ClN2O3. The topological polar surface area (TPSA) is 78.4 Å². The summed E-state index contributed by atoms with van der Waals surface area (Å²) in [5.74, 6) is -0.572. The molecule has 0 radical (unpaired) electrons. The van der Waals surface area contributed by atoms with E-state index in [0.29, 0.717) is 23.4 Å². The summed E-state index contributed by atoms with van der Waals surface area (Å²) in [6.45, 7) is 1.88. The van der Waals surface area contributed by atoms with E-state index in [0.717, 1.165) is 0 Å². The minimum Gasteiger partial charge on any atom is -0.396 e. The van der Waals surface area contributed by atoms with Crippen molar-refractivity contribution in [3.8, 4) is 0 Å². The molecular weight excluding hydrogens is 280 g/mol. The van der Waals surface area contributed by atoms with Gasteiger partial charge in [-0.15, -0.1) is 0 Å². The van der Waals surface area contributed by atoms with Gasteiger partial charge in [-0.3, -0.25) is 9.59 Å². The highest BCUT2D eigenvalue weighted by molar-refractivity contribution is 6.30. The van der Waals surface area contributed by atoms with E-state index in [1.165, 1.54) is 0 Å². The Bertz CT molecular complexity index is 448. The summed E-state index contributed by atoms with van der Waals surface area (Å²) in [5.41, 5.74) is 0.454. The third-order valence-corrected chi connectivity index (χ3v) is 2.97. The van der Waals surface area contributed by atoms with Crippen molar-refractivity contribution in [2.75, 3.05) is 13.2 Å². The predicted molar refractivity (Wildman–Crippen MR) is 77.7 cm³/mol. The molecule has 6 heteroatoms. The molecule has 0 saturated carbocycles. The number of carbonyl (C=O) groups is 2. The quantitative estimate of drug-likeness (QED) is 0.711. The Morgan fingerprint density at radius 2 is 1.95 bits per heavy atom. The van der Waals surface area contributed by atoms with Gasteiger partial charge in [0.25, 0.3) is 5.91 Å². The third kappa shape index (κ3) is 6.04. The largest absolute Gasteiger partial charge is 0.396 e. The van der Waals surface area contributed by atoms with E-state index >= 15 is 0 Å². The predicted octanol–water partition coefficient (Wildman–Crippen LogP) is 1.35. The Balaban J connectivity index is 2.33. The van der Waals surface area contributed by atoms with Crippen LogP contribution in [0.1, 0.15) is 30.1 Å². The highest BCUT2D eigenvalue weighted by Gasteiger charge is 2.10. The standard InChI is InChI=1S/C14H19ClN2O3/c1-10(3-2-8-18)17-13(19)9-16-14(20)11-4-6-12(15)7-5-11/h4-7,10,18H,2-3,8-9H2,1H3,(H,16,20)(H,17,19). The maximum atomic E-state index is 11.8. The van der Waals surface area contributed by atoms with Crippen molar-refractivity contribution in [1.29, 1.82) is 0 Å². The van der Waals surface area contributed by atoms with E-state index in [-0.39, 0.29) is 31.0 Å². The number of amides is 2. The van der Waals surface area contributed by atoms with Crippen molar-refractivity contribution in [1.82, 2.24) is 10.6 Å². The molecule has 0 saturated heterocycles. The van der Waals surface area contributed by atoms with Gasteiger partial charge in [0.2, 0.25) is 5.91 Å². The average Bonchev–Trinajstić information content (AvgIpc) is 2.43. The first-order chi connectivity index (χ1) is 9.52. The fourth-order valence-corrected chi connectivity index (χ4v) is 1.79. The summed E-state index contributed by atoms with van der Waals surface area (Å²) < 4.78 is 0. The molecule has 0 heterocycles. The van der Waals surface area contributed by atoms with Crippen LogP contribution in [-0.4, -0.2) is 36.1 Å². The molecule has 5 nitrogen and oxygen atoms in total. The van der Waals surface area contributed by atoms with Crippen molar-refractivity contribution >= 4 is 23.4 Å². The first-order valence-electron chi connectivity index (χ1n) is 6.47. The van der Waals surface area contributed by atoms with Crippen molar-refractivity contribution in [2.45, 2.75) is 25.8 Å². The van der Waals surface area contributed by atoms with Gasteiger partial charge >= 0.3 is 0 Å². The van der Waals surface area contributed by atoms with Crippen LogP contribution in [0, 0.1) is 0 Å². The second-order valence-corrected chi connectivity index (χ2v) is 4.96. The highest BCUT2D eigenvalue weighted by atomic mass is 35.5. The summed E-state index contributed by atoms with van der Waals surface area (Å²) in [7, 11) is 0. The van der Waals surface area contributed by atoms with Crippen molar-refractivity contribution < 1.29 is 14.7 Å². The Kier molecular flexibility index (Phi) is 7.04. The molecule has 1 aromatic rings. The number of halogens is 1. The van der Waals surface area contributed by atoms with Gasteiger partial charge in [-0.25, -0.2) is 0 Å². The fraction of sp³-hybridized carbons (Fsp3) is 0.429. The van der Waals surface area contributed by atoms with Crippen LogP contribution in [-0.2, 0) is 4.79 Å². The summed E-state index contributed by atoms with van der Waals surface area (Å²) in [4.78, 5) is 23.3. The third-order valence-electron chi connectivity index (χ3n) is 2.72. The maximum Gasteiger partial charge on any atom is 0.251 e. The number of benzene rings is 1. The zero-order chi connectivity index (χ0) is 15.0. The molecule has 1 unspecified atom stereocenters. The van der Waals surface area contributed by atoms with Crippen LogP contribution in [0.15, 0.2) is 24.3 Å². The lowest BCUT2D eigenvalue weighted by Crippen LogP contribution is -2.40. The number of hydrogen-bond acceptors (Lipinski definition) is 3. The second kappa shape index (κ2) is 8.55. The van der Waals surface area contributed by atoms with Gasteiger partial charge < -0.3 is 15.7 Å². The van der Waals surface area contributed by atoms with Crippen LogP contribution in [0.3, 0.4) is 0 Å². The number of rotatable bonds is 7. The van der Waals surface area contributed by atoms with Crippen molar-refractivity contribution in [3.63, 3.8) is 0 Å². The van der Waals surface area contributed by atoms with Crippen molar-refractivity contribution in [3.05, 3.63) is 34.9 Å². The number of aliphatic hydroxyl groups is 1. The van der Waals surface area contributed by atoms with Gasteiger partial charge in [0.1, 0.15) is 0 Å². The van der Waals surface area contributed by atoms with Crippen LogP contribution in [0.4, 0.5) is 0 Å². The summed E-state index contributed by atoms with van der Waals surface area (Å²) in [6, 6.07) is 6.40. The Labute approximate surface area is 123 Å². The number of aliphatic hydroxyl groups excluding tert-OH is 1. The maximum absolute atomic E-state index is 11.8. The molecule has 0 spiro atoms. The van der Waals surface area contributed by atoms with E-state index in [1.54, 1.807) is 24.3 Å². The van der Waals surface area contributed by atoms with Gasteiger partial charge in [-0.1, -0.05) is 11.6 Å². The summed E-state index contributed by atoms with van der Waals surface area (Å²) in [6.07, 6.45) is 1.34. The Morgan fingerprint density at radius 1 is 1.30 bits per heavy atom. The lowest BCUT2D eigenvalue weighted by molar-refractivity contribution is -0.120. The molecule has 2 amide bonds. The van der Waals surface area contributed by atoms with Crippen LogP contribution in [0.2, 0.25) is 5.02 Å². The molecule has 1 rings (SSSR count). The Morgan fingerprint density at radius 3 is 2.55 bits per heavy atom. The molecule has 0 fully saturated rings. The average molecular weight is 299 g/mol. The van der Waals surface area contributed by atoms with Crippen LogP contribution >= 0.6 is 11.6 Å². The lowest BCUT2D eigenvalue weighted by atomic mass is 10.2. The number of nitrogens with one attached hydrogen (secondary N) is 2. The van der Waals surface area contributed by atoms with E-state index in [1.807, 2.05) is 6.92 Å². The molecule has 0 aliphatic heterocycles. The van der Waals surface area contributed by atoms with Crippen molar-refractivity contribution in [2.24, 2.45) is 0 Å². The smallest absolute Gasteiger partial charge is 0.251 e. The summed E-state index contributed by atoms with van der Waals surface area (Å²) in [5, 5.41) is 14.5. The van der Waals surface area contributed by atoms with E-state index in [9.17, 15) is 9.59 Å². The number of carbonyl (C=O) groups excluding carboxylic acids is 2. The van der Waals surface area contributed by atoms with Gasteiger partial charge in [0.15, 0.2) is 0 Å². The Hall–Kier alpha value is -1.59. The zero-order valence-electron chi connectivity index (χ0n) is 11.4. The van der Waals surface area contributed by atoms with E-state index in [4.69, 9.17) is 16.7 Å². The molecule has 1 aromatic carbocycles. The second-order valence-electron chi connectivity index (χ2n) is 4.52. The normalized spacial score (nSPS) is 11.8. The molecule has 3 N–H and O–H groups in total. The summed E-state index contributed by atoms with van der Waals surface area (Å²) >= 11 is 5.73. The molecule has 1 atom stereocenters. The minimum atomic E-state index is -0.320. The van der Waals surface area contributed by atoms with Gasteiger partial charge in [-0.2, -0.15) is 0 Å².